The molecular weight excluding hydrogens is 288 g/mol. The highest BCUT2D eigenvalue weighted by Crippen LogP contribution is 2.34. The van der Waals surface area contributed by atoms with E-state index in [0.717, 1.165) is 11.1 Å². The Kier molecular flexibility index (Phi) is 3.80. The summed E-state index contributed by atoms with van der Waals surface area (Å²) in [6, 6.07) is 16.3. The van der Waals surface area contributed by atoms with Crippen molar-refractivity contribution < 1.29 is 17.9 Å². The Morgan fingerprint density at radius 3 is 2.38 bits per heavy atom. The SMILES string of the molecule is Cc1ccc(S(=O)(=O)[C@@H]2O[C@H]2OCc2ccccc2)cc1. The van der Waals surface area contributed by atoms with E-state index >= 15 is 0 Å². The lowest BCUT2D eigenvalue weighted by Gasteiger charge is -2.03. The summed E-state index contributed by atoms with van der Waals surface area (Å²) in [6.45, 7) is 2.25. The quantitative estimate of drug-likeness (QED) is 0.797. The first-order valence-corrected chi connectivity index (χ1v) is 8.23. The first-order chi connectivity index (χ1) is 10.1. The summed E-state index contributed by atoms with van der Waals surface area (Å²) in [5.74, 6) is 0. The van der Waals surface area contributed by atoms with Gasteiger partial charge in [0.15, 0.2) is 0 Å². The molecule has 2 aromatic rings. The molecule has 0 radical (unpaired) electrons. The van der Waals surface area contributed by atoms with Crippen molar-refractivity contribution in [3.05, 3.63) is 65.7 Å². The van der Waals surface area contributed by atoms with Crippen molar-refractivity contribution in [1.29, 1.82) is 0 Å². The minimum Gasteiger partial charge on any atom is -0.344 e. The van der Waals surface area contributed by atoms with Gasteiger partial charge in [-0.3, -0.25) is 0 Å². The standard InChI is InChI=1S/C16H16O4S/c1-12-7-9-14(10-8-12)21(17,18)16-15(20-16)19-11-13-5-3-2-4-6-13/h2-10,15-16H,11H2,1H3/t15-,16+/m1/s1. The molecule has 1 saturated heterocycles. The molecular formula is C16H16O4S. The number of hydrogen-bond donors (Lipinski definition) is 0. The van der Waals surface area contributed by atoms with Crippen LogP contribution < -0.4 is 0 Å². The zero-order chi connectivity index (χ0) is 14.9. The summed E-state index contributed by atoms with van der Waals surface area (Å²) < 4.78 is 35.3. The molecule has 0 N–H and O–H groups in total. The van der Waals surface area contributed by atoms with Crippen LogP contribution in [0.2, 0.25) is 0 Å². The highest BCUT2D eigenvalue weighted by atomic mass is 32.2. The monoisotopic (exact) mass is 304 g/mol. The maximum Gasteiger partial charge on any atom is 0.216 e. The third-order valence-corrected chi connectivity index (χ3v) is 5.20. The van der Waals surface area contributed by atoms with Crippen LogP contribution in [0, 0.1) is 6.92 Å². The molecule has 110 valence electrons. The Hall–Kier alpha value is -1.69. The van der Waals surface area contributed by atoms with E-state index in [2.05, 4.69) is 0 Å². The number of epoxide rings is 1. The van der Waals surface area contributed by atoms with E-state index in [0.29, 0.717) is 6.61 Å². The van der Waals surface area contributed by atoms with Gasteiger partial charge in [-0.05, 0) is 24.6 Å². The molecule has 1 aliphatic rings. The Labute approximate surface area is 124 Å². The number of aryl methyl sites for hydroxylation is 1. The predicted molar refractivity (Wildman–Crippen MR) is 78.3 cm³/mol. The van der Waals surface area contributed by atoms with Crippen LogP contribution in [0.1, 0.15) is 11.1 Å². The molecule has 0 amide bonds. The van der Waals surface area contributed by atoms with Crippen molar-refractivity contribution in [2.75, 3.05) is 0 Å². The molecule has 1 fully saturated rings. The largest absolute Gasteiger partial charge is 0.344 e. The number of sulfone groups is 1. The minimum atomic E-state index is -3.48. The summed E-state index contributed by atoms with van der Waals surface area (Å²) in [6.07, 6.45) is -0.684. The maximum absolute atomic E-state index is 12.3. The van der Waals surface area contributed by atoms with Gasteiger partial charge in [0.2, 0.25) is 21.6 Å². The molecule has 0 unspecified atom stereocenters. The summed E-state index contributed by atoms with van der Waals surface area (Å²) in [7, 11) is -3.48. The zero-order valence-electron chi connectivity index (χ0n) is 11.6. The van der Waals surface area contributed by atoms with Gasteiger partial charge in [0.25, 0.3) is 0 Å². The van der Waals surface area contributed by atoms with E-state index in [1.165, 1.54) is 0 Å². The van der Waals surface area contributed by atoms with Crippen molar-refractivity contribution in [3.63, 3.8) is 0 Å². The van der Waals surface area contributed by atoms with Gasteiger partial charge in [0.1, 0.15) is 0 Å². The molecule has 3 rings (SSSR count). The van der Waals surface area contributed by atoms with Gasteiger partial charge in [-0.2, -0.15) is 0 Å². The Balaban J connectivity index is 1.63. The van der Waals surface area contributed by atoms with E-state index < -0.39 is 21.6 Å². The summed E-state index contributed by atoms with van der Waals surface area (Å²) >= 11 is 0. The second-order valence-electron chi connectivity index (χ2n) is 5.03. The molecule has 0 aromatic heterocycles. The summed E-state index contributed by atoms with van der Waals surface area (Å²) in [5.41, 5.74) is 1.10. The van der Waals surface area contributed by atoms with Gasteiger partial charge in [-0.1, -0.05) is 48.0 Å². The Morgan fingerprint density at radius 1 is 1.05 bits per heavy atom. The molecule has 5 heteroatoms. The number of ether oxygens (including phenoxy) is 2. The molecule has 1 aliphatic heterocycles. The third kappa shape index (κ3) is 3.15. The van der Waals surface area contributed by atoms with Crippen LogP contribution in [0.5, 0.6) is 0 Å². The molecule has 0 bridgehead atoms. The normalized spacial score (nSPS) is 21.2. The van der Waals surface area contributed by atoms with E-state index in [9.17, 15) is 8.42 Å². The maximum atomic E-state index is 12.3. The van der Waals surface area contributed by atoms with Crippen LogP contribution in [0.25, 0.3) is 0 Å². The van der Waals surface area contributed by atoms with E-state index in [1.54, 1.807) is 24.3 Å². The smallest absolute Gasteiger partial charge is 0.216 e. The highest BCUT2D eigenvalue weighted by molar-refractivity contribution is 7.92. The zero-order valence-corrected chi connectivity index (χ0v) is 12.4. The van der Waals surface area contributed by atoms with Gasteiger partial charge >= 0.3 is 0 Å². The topological polar surface area (TPSA) is 55.9 Å². The van der Waals surface area contributed by atoms with Crippen LogP contribution in [0.15, 0.2) is 59.5 Å². The second kappa shape index (κ2) is 5.60. The average molecular weight is 304 g/mol. The third-order valence-electron chi connectivity index (χ3n) is 3.33. The van der Waals surface area contributed by atoms with Gasteiger partial charge in [-0.25, -0.2) is 8.42 Å². The lowest BCUT2D eigenvalue weighted by Crippen LogP contribution is -2.13. The predicted octanol–water partition coefficient (Wildman–Crippen LogP) is 2.67. The van der Waals surface area contributed by atoms with E-state index in [-0.39, 0.29) is 4.90 Å². The molecule has 4 nitrogen and oxygen atoms in total. The average Bonchev–Trinajstić information content (AvgIpc) is 3.27. The number of benzene rings is 2. The van der Waals surface area contributed by atoms with E-state index in [1.807, 2.05) is 37.3 Å². The van der Waals surface area contributed by atoms with Crippen molar-refractivity contribution in [3.8, 4) is 0 Å². The van der Waals surface area contributed by atoms with Crippen molar-refractivity contribution >= 4 is 9.84 Å². The van der Waals surface area contributed by atoms with Gasteiger partial charge in [0, 0.05) is 0 Å². The molecule has 2 aromatic carbocycles. The first kappa shape index (κ1) is 14.3. The molecule has 21 heavy (non-hydrogen) atoms. The fraction of sp³-hybridized carbons (Fsp3) is 0.250. The Morgan fingerprint density at radius 2 is 1.71 bits per heavy atom. The number of hydrogen-bond acceptors (Lipinski definition) is 4. The van der Waals surface area contributed by atoms with Gasteiger partial charge in [-0.15, -0.1) is 0 Å². The van der Waals surface area contributed by atoms with Crippen molar-refractivity contribution in [1.82, 2.24) is 0 Å². The fourth-order valence-electron chi connectivity index (χ4n) is 2.04. The van der Waals surface area contributed by atoms with Crippen molar-refractivity contribution in [2.45, 2.75) is 30.2 Å². The summed E-state index contributed by atoms with van der Waals surface area (Å²) in [4.78, 5) is 0.268. The fourth-order valence-corrected chi connectivity index (χ4v) is 3.45. The minimum absolute atomic E-state index is 0.268. The molecule has 2 atom stereocenters. The molecule has 0 saturated carbocycles. The van der Waals surface area contributed by atoms with Gasteiger partial charge in [0.05, 0.1) is 11.5 Å². The first-order valence-electron chi connectivity index (χ1n) is 6.69. The lowest BCUT2D eigenvalue weighted by atomic mass is 10.2. The van der Waals surface area contributed by atoms with Gasteiger partial charge < -0.3 is 9.47 Å². The second-order valence-corrected chi connectivity index (χ2v) is 7.05. The lowest BCUT2D eigenvalue weighted by molar-refractivity contribution is 0.0386. The Bertz CT molecular complexity index is 708. The van der Waals surface area contributed by atoms with Crippen LogP contribution >= 0.6 is 0 Å². The summed E-state index contributed by atoms with van der Waals surface area (Å²) in [5, 5.41) is 0. The van der Waals surface area contributed by atoms with Crippen LogP contribution in [0.3, 0.4) is 0 Å². The highest BCUT2D eigenvalue weighted by Gasteiger charge is 2.51. The van der Waals surface area contributed by atoms with Crippen LogP contribution in [0.4, 0.5) is 0 Å². The number of rotatable bonds is 5. The van der Waals surface area contributed by atoms with E-state index in [4.69, 9.17) is 9.47 Å². The van der Waals surface area contributed by atoms with Crippen LogP contribution in [-0.2, 0) is 25.9 Å². The van der Waals surface area contributed by atoms with Crippen LogP contribution in [-0.4, -0.2) is 20.1 Å². The molecule has 1 heterocycles. The molecule has 0 spiro atoms. The molecule has 0 aliphatic carbocycles. The van der Waals surface area contributed by atoms with Crippen molar-refractivity contribution in [2.24, 2.45) is 0 Å².